The van der Waals surface area contributed by atoms with Gasteiger partial charge >= 0.3 is 0 Å². The van der Waals surface area contributed by atoms with Gasteiger partial charge in [-0.3, -0.25) is 9.78 Å². The number of pyridine rings is 1. The summed E-state index contributed by atoms with van der Waals surface area (Å²) in [4.78, 5) is 20.9. The lowest BCUT2D eigenvalue weighted by atomic mass is 10.2. The summed E-state index contributed by atoms with van der Waals surface area (Å²) in [6, 6.07) is 3.76. The van der Waals surface area contributed by atoms with Gasteiger partial charge in [-0.25, -0.2) is 0 Å². The van der Waals surface area contributed by atoms with Crippen molar-refractivity contribution in [3.8, 4) is 0 Å². The van der Waals surface area contributed by atoms with Gasteiger partial charge in [-0.05, 0) is 38.6 Å². The molecule has 0 atom stereocenters. The molecule has 0 radical (unpaired) electrons. The van der Waals surface area contributed by atoms with E-state index in [1.54, 1.807) is 6.20 Å². The molecule has 0 aromatic carbocycles. The molecule has 2 rings (SSSR count). The van der Waals surface area contributed by atoms with Gasteiger partial charge in [-0.2, -0.15) is 0 Å². The van der Waals surface area contributed by atoms with Crippen molar-refractivity contribution in [2.75, 3.05) is 45.1 Å². The highest BCUT2D eigenvalue weighted by molar-refractivity contribution is 5.93. The van der Waals surface area contributed by atoms with Gasteiger partial charge in [-0.15, -0.1) is 0 Å². The maximum Gasteiger partial charge on any atom is 0.272 e. The van der Waals surface area contributed by atoms with E-state index in [-0.39, 0.29) is 5.91 Å². The molecule has 5 nitrogen and oxygen atoms in total. The van der Waals surface area contributed by atoms with Crippen molar-refractivity contribution in [3.05, 3.63) is 24.0 Å². The Morgan fingerprint density at radius 2 is 2.20 bits per heavy atom. The summed E-state index contributed by atoms with van der Waals surface area (Å²) >= 11 is 0. The van der Waals surface area contributed by atoms with Crippen LogP contribution in [0.2, 0.25) is 0 Å². The zero-order chi connectivity index (χ0) is 14.4. The summed E-state index contributed by atoms with van der Waals surface area (Å²) in [7, 11) is 2.10. The van der Waals surface area contributed by atoms with Crippen LogP contribution in [-0.4, -0.2) is 60.5 Å². The van der Waals surface area contributed by atoms with Gasteiger partial charge in [0.05, 0.1) is 0 Å². The highest BCUT2D eigenvalue weighted by Gasteiger charge is 2.19. The average molecular weight is 276 g/mol. The lowest BCUT2D eigenvalue weighted by Crippen LogP contribution is -2.35. The van der Waals surface area contributed by atoms with Crippen LogP contribution in [0.25, 0.3) is 0 Å². The molecule has 1 N–H and O–H groups in total. The molecule has 1 saturated heterocycles. The van der Waals surface area contributed by atoms with Crippen molar-refractivity contribution < 1.29 is 4.79 Å². The second-order valence-electron chi connectivity index (χ2n) is 5.31. The number of nitrogens with zero attached hydrogens (tertiary/aromatic N) is 3. The Morgan fingerprint density at radius 1 is 1.35 bits per heavy atom. The smallest absolute Gasteiger partial charge is 0.272 e. The summed E-state index contributed by atoms with van der Waals surface area (Å²) in [5.74, 6) is 0.0421. The SMILES string of the molecule is CCCNc1ccnc(C(=O)N2CCCN(C)CC2)c1. The molecule has 1 amide bonds. The first-order chi connectivity index (χ1) is 9.70. The standard InChI is InChI=1S/C15H24N4O/c1-3-6-16-13-5-7-17-14(12-13)15(20)19-9-4-8-18(2)10-11-19/h5,7,12H,3-4,6,8-11H2,1-2H3,(H,16,17). The molecule has 0 saturated carbocycles. The molecule has 20 heavy (non-hydrogen) atoms. The van der Waals surface area contributed by atoms with Gasteiger partial charge in [0.1, 0.15) is 5.69 Å². The first-order valence-corrected chi connectivity index (χ1v) is 7.38. The van der Waals surface area contributed by atoms with Crippen LogP contribution in [0.15, 0.2) is 18.3 Å². The van der Waals surface area contributed by atoms with Crippen LogP contribution < -0.4 is 5.32 Å². The summed E-state index contributed by atoms with van der Waals surface area (Å²) in [6.07, 6.45) is 3.79. The molecule has 1 fully saturated rings. The molecule has 110 valence electrons. The third-order valence-electron chi connectivity index (χ3n) is 3.56. The number of carbonyl (C=O) groups is 1. The number of hydrogen-bond acceptors (Lipinski definition) is 4. The molecule has 1 aliphatic rings. The van der Waals surface area contributed by atoms with Crippen molar-refractivity contribution >= 4 is 11.6 Å². The number of aromatic nitrogens is 1. The van der Waals surface area contributed by atoms with Crippen molar-refractivity contribution in [2.24, 2.45) is 0 Å². The first-order valence-electron chi connectivity index (χ1n) is 7.38. The molecular weight excluding hydrogens is 252 g/mol. The highest BCUT2D eigenvalue weighted by atomic mass is 16.2. The number of hydrogen-bond donors (Lipinski definition) is 1. The fourth-order valence-corrected chi connectivity index (χ4v) is 2.34. The monoisotopic (exact) mass is 276 g/mol. The van der Waals surface area contributed by atoms with E-state index in [4.69, 9.17) is 0 Å². The highest BCUT2D eigenvalue weighted by Crippen LogP contribution is 2.12. The van der Waals surface area contributed by atoms with Gasteiger partial charge < -0.3 is 15.1 Å². The lowest BCUT2D eigenvalue weighted by molar-refractivity contribution is 0.0757. The van der Waals surface area contributed by atoms with Crippen molar-refractivity contribution in [2.45, 2.75) is 19.8 Å². The van der Waals surface area contributed by atoms with E-state index >= 15 is 0 Å². The molecule has 0 spiro atoms. The third kappa shape index (κ3) is 3.93. The van der Waals surface area contributed by atoms with Gasteiger partial charge in [0.2, 0.25) is 0 Å². The summed E-state index contributed by atoms with van der Waals surface area (Å²) in [5, 5.41) is 3.29. The van der Waals surface area contributed by atoms with E-state index in [9.17, 15) is 4.79 Å². The Morgan fingerprint density at radius 3 is 3.00 bits per heavy atom. The second-order valence-corrected chi connectivity index (χ2v) is 5.31. The summed E-state index contributed by atoms with van der Waals surface area (Å²) in [5.41, 5.74) is 1.51. The minimum absolute atomic E-state index is 0.0421. The van der Waals surface area contributed by atoms with Crippen molar-refractivity contribution in [3.63, 3.8) is 0 Å². The molecule has 5 heteroatoms. The number of anilines is 1. The molecule has 1 aromatic rings. The van der Waals surface area contributed by atoms with Gasteiger partial charge in [0, 0.05) is 38.1 Å². The van der Waals surface area contributed by atoms with Crippen LogP contribution in [0, 0.1) is 0 Å². The molecule has 0 bridgehead atoms. The summed E-state index contributed by atoms with van der Waals surface area (Å²) in [6.45, 7) is 6.61. The van der Waals surface area contributed by atoms with Crippen LogP contribution in [0.1, 0.15) is 30.3 Å². The van der Waals surface area contributed by atoms with Crippen molar-refractivity contribution in [1.29, 1.82) is 0 Å². The van der Waals surface area contributed by atoms with Crippen molar-refractivity contribution in [1.82, 2.24) is 14.8 Å². The van der Waals surface area contributed by atoms with E-state index in [1.807, 2.05) is 17.0 Å². The topological polar surface area (TPSA) is 48.5 Å². The van der Waals surface area contributed by atoms with E-state index < -0.39 is 0 Å². The predicted molar refractivity (Wildman–Crippen MR) is 81.0 cm³/mol. The maximum atomic E-state index is 12.5. The van der Waals surface area contributed by atoms with Crippen LogP contribution in [0.4, 0.5) is 5.69 Å². The maximum absolute atomic E-state index is 12.5. The molecule has 0 unspecified atom stereocenters. The Kier molecular flexibility index (Phi) is 5.35. The van der Waals surface area contributed by atoms with Crippen LogP contribution in [0.5, 0.6) is 0 Å². The van der Waals surface area contributed by atoms with E-state index in [0.29, 0.717) is 5.69 Å². The first kappa shape index (κ1) is 14.8. The molecule has 1 aliphatic heterocycles. The fourth-order valence-electron chi connectivity index (χ4n) is 2.34. The average Bonchev–Trinajstić information content (AvgIpc) is 2.69. The van der Waals surface area contributed by atoms with E-state index in [1.165, 1.54) is 0 Å². The number of carbonyl (C=O) groups excluding carboxylic acids is 1. The molecule has 2 heterocycles. The Labute approximate surface area is 121 Å². The predicted octanol–water partition coefficient (Wildman–Crippen LogP) is 1.68. The number of nitrogens with one attached hydrogen (secondary N) is 1. The van der Waals surface area contributed by atoms with Gasteiger partial charge in [0.25, 0.3) is 5.91 Å². The minimum Gasteiger partial charge on any atom is -0.385 e. The lowest BCUT2D eigenvalue weighted by Gasteiger charge is -2.20. The number of amides is 1. The molecule has 0 aliphatic carbocycles. The number of rotatable bonds is 4. The second kappa shape index (κ2) is 7.24. The van der Waals surface area contributed by atoms with Crippen LogP contribution in [-0.2, 0) is 0 Å². The van der Waals surface area contributed by atoms with Crippen LogP contribution in [0.3, 0.4) is 0 Å². The van der Waals surface area contributed by atoms with Gasteiger partial charge in [-0.1, -0.05) is 6.92 Å². The summed E-state index contributed by atoms with van der Waals surface area (Å²) < 4.78 is 0. The largest absolute Gasteiger partial charge is 0.385 e. The Balaban J connectivity index is 2.04. The zero-order valence-corrected chi connectivity index (χ0v) is 12.4. The zero-order valence-electron chi connectivity index (χ0n) is 12.4. The third-order valence-corrected chi connectivity index (χ3v) is 3.56. The van der Waals surface area contributed by atoms with Gasteiger partial charge in [0.15, 0.2) is 0 Å². The van der Waals surface area contributed by atoms with E-state index in [2.05, 4.69) is 29.2 Å². The van der Waals surface area contributed by atoms with E-state index in [0.717, 1.165) is 51.3 Å². The van der Waals surface area contributed by atoms with Crippen LogP contribution >= 0.6 is 0 Å². The Bertz CT molecular complexity index is 449. The minimum atomic E-state index is 0.0421. The molecule has 1 aromatic heterocycles. The quantitative estimate of drug-likeness (QED) is 0.909. The number of likely N-dealkylation sites (N-methyl/N-ethyl adjacent to an activating group) is 1. The fraction of sp³-hybridized carbons (Fsp3) is 0.600. The molecular formula is C15H24N4O. The normalized spacial score (nSPS) is 16.8. The Hall–Kier alpha value is -1.62.